The molecule has 0 aromatic heterocycles. The smallest absolute Gasteiger partial charge is 0.343 e. The number of rotatable bonds is 7. The zero-order chi connectivity index (χ0) is 23.8. The second kappa shape index (κ2) is 11.5. The summed E-state index contributed by atoms with van der Waals surface area (Å²) in [6.07, 6.45) is 1.41. The van der Waals surface area contributed by atoms with Crippen LogP contribution in [0.25, 0.3) is 0 Å². The molecule has 0 bridgehead atoms. The maximum atomic E-state index is 12.1. The molecule has 7 nitrogen and oxygen atoms in total. The molecule has 3 aromatic carbocycles. The molecule has 2 N–H and O–H groups in total. The lowest BCUT2D eigenvalue weighted by Crippen LogP contribution is -2.34. The predicted molar refractivity (Wildman–Crippen MR) is 127 cm³/mol. The van der Waals surface area contributed by atoms with Crippen LogP contribution in [0.15, 0.2) is 71.8 Å². The summed E-state index contributed by atoms with van der Waals surface area (Å²) in [6, 6.07) is 17.2. The Hall–Kier alpha value is -3.39. The summed E-state index contributed by atoms with van der Waals surface area (Å²) in [6.45, 7) is -0.282. The van der Waals surface area contributed by atoms with E-state index in [2.05, 4.69) is 15.8 Å². The number of carbonyl (C=O) groups is 3. The highest BCUT2D eigenvalue weighted by atomic mass is 35.5. The Kier molecular flexibility index (Phi) is 8.43. The van der Waals surface area contributed by atoms with E-state index in [1.165, 1.54) is 24.4 Å². The third-order valence-electron chi connectivity index (χ3n) is 4.16. The summed E-state index contributed by atoms with van der Waals surface area (Å²) >= 11 is 17.5. The zero-order valence-electron chi connectivity index (χ0n) is 16.8. The first-order valence-corrected chi connectivity index (χ1v) is 10.6. The molecule has 0 unspecified atom stereocenters. The van der Waals surface area contributed by atoms with Crippen LogP contribution >= 0.6 is 34.8 Å². The van der Waals surface area contributed by atoms with Gasteiger partial charge in [-0.15, -0.1) is 0 Å². The van der Waals surface area contributed by atoms with Crippen LogP contribution < -0.4 is 15.5 Å². The lowest BCUT2D eigenvalue weighted by molar-refractivity contribution is -0.120. The molecule has 0 radical (unpaired) electrons. The molecule has 168 valence electrons. The number of ether oxygens (including phenoxy) is 1. The molecule has 10 heteroatoms. The summed E-state index contributed by atoms with van der Waals surface area (Å²) in [7, 11) is 0. The highest BCUT2D eigenvalue weighted by molar-refractivity contribution is 6.42. The Morgan fingerprint density at radius 1 is 0.848 bits per heavy atom. The first kappa shape index (κ1) is 24.3. The van der Waals surface area contributed by atoms with E-state index in [1.807, 2.05) is 0 Å². The minimum Gasteiger partial charge on any atom is -0.423 e. The van der Waals surface area contributed by atoms with Gasteiger partial charge in [-0.3, -0.25) is 9.59 Å². The molecule has 0 atom stereocenters. The van der Waals surface area contributed by atoms with Crippen molar-refractivity contribution in [2.24, 2.45) is 5.10 Å². The number of esters is 1. The van der Waals surface area contributed by atoms with Crippen LogP contribution in [0, 0.1) is 0 Å². The van der Waals surface area contributed by atoms with Crippen LogP contribution in [-0.4, -0.2) is 30.5 Å². The molecule has 0 aliphatic heterocycles. The monoisotopic (exact) mass is 503 g/mol. The van der Waals surface area contributed by atoms with E-state index in [1.54, 1.807) is 48.5 Å². The van der Waals surface area contributed by atoms with Gasteiger partial charge in [0.05, 0.1) is 28.4 Å². The number of nitrogens with zero attached hydrogens (tertiary/aromatic N) is 1. The van der Waals surface area contributed by atoms with Crippen LogP contribution in [-0.2, 0) is 4.79 Å². The van der Waals surface area contributed by atoms with Crippen molar-refractivity contribution >= 4 is 58.8 Å². The summed E-state index contributed by atoms with van der Waals surface area (Å²) < 4.78 is 5.29. The number of hydrogen-bond donors (Lipinski definition) is 2. The molecule has 0 fully saturated rings. The van der Waals surface area contributed by atoms with Crippen molar-refractivity contribution in [3.8, 4) is 5.75 Å². The van der Waals surface area contributed by atoms with E-state index in [9.17, 15) is 14.4 Å². The molecule has 3 rings (SSSR count). The average molecular weight is 505 g/mol. The molecule has 0 aliphatic rings. The van der Waals surface area contributed by atoms with Crippen molar-refractivity contribution in [2.75, 3.05) is 6.54 Å². The number of hydrogen-bond acceptors (Lipinski definition) is 5. The molecule has 0 saturated carbocycles. The number of halogens is 3. The van der Waals surface area contributed by atoms with Gasteiger partial charge in [-0.05, 0) is 72.3 Å². The van der Waals surface area contributed by atoms with Crippen molar-refractivity contribution in [3.63, 3.8) is 0 Å². The van der Waals surface area contributed by atoms with Gasteiger partial charge in [0.1, 0.15) is 5.75 Å². The summed E-state index contributed by atoms with van der Waals surface area (Å²) in [5.74, 6) is -1.16. The maximum absolute atomic E-state index is 12.1. The number of benzene rings is 3. The van der Waals surface area contributed by atoms with Gasteiger partial charge in [0, 0.05) is 10.6 Å². The van der Waals surface area contributed by atoms with Gasteiger partial charge in [-0.1, -0.05) is 34.8 Å². The number of carbonyl (C=O) groups excluding carboxylic acids is 3. The molecule has 0 spiro atoms. The standard InChI is InChI=1S/C23H16Cl3N3O4/c24-17-6-3-15(4-7-17)23(32)33-18-8-1-14(2-9-18)12-28-29-21(30)13-27-22(31)16-5-10-19(25)20(26)11-16/h1-12H,13H2,(H,27,31)(H,29,30)/b28-12-. The summed E-state index contributed by atoms with van der Waals surface area (Å²) in [4.78, 5) is 36.0. The number of amides is 2. The van der Waals surface area contributed by atoms with Gasteiger partial charge in [0.2, 0.25) is 0 Å². The summed E-state index contributed by atoms with van der Waals surface area (Å²) in [5, 5.41) is 7.37. The Labute approximate surface area is 204 Å². The third kappa shape index (κ3) is 7.32. The van der Waals surface area contributed by atoms with Gasteiger partial charge in [-0.2, -0.15) is 5.10 Å². The fraction of sp³-hybridized carbons (Fsp3) is 0.0435. The molecular weight excluding hydrogens is 489 g/mol. The topological polar surface area (TPSA) is 96.9 Å². The molecule has 33 heavy (non-hydrogen) atoms. The first-order valence-electron chi connectivity index (χ1n) is 9.45. The van der Waals surface area contributed by atoms with Crippen molar-refractivity contribution in [1.29, 1.82) is 0 Å². The number of hydrazone groups is 1. The minimum absolute atomic E-state index is 0.240. The lowest BCUT2D eigenvalue weighted by Gasteiger charge is -2.05. The van der Waals surface area contributed by atoms with Crippen LogP contribution in [0.2, 0.25) is 15.1 Å². The second-order valence-corrected chi connectivity index (χ2v) is 7.82. The van der Waals surface area contributed by atoms with Gasteiger partial charge in [-0.25, -0.2) is 10.2 Å². The summed E-state index contributed by atoms with van der Waals surface area (Å²) in [5.41, 5.74) is 3.61. The average Bonchev–Trinajstić information content (AvgIpc) is 2.81. The van der Waals surface area contributed by atoms with Gasteiger partial charge < -0.3 is 10.1 Å². The third-order valence-corrected chi connectivity index (χ3v) is 5.16. The molecule has 0 heterocycles. The van der Waals surface area contributed by atoms with Gasteiger partial charge >= 0.3 is 5.97 Å². The Balaban J connectivity index is 1.45. The van der Waals surface area contributed by atoms with E-state index in [-0.39, 0.29) is 17.1 Å². The van der Waals surface area contributed by atoms with E-state index in [0.29, 0.717) is 26.9 Å². The van der Waals surface area contributed by atoms with Crippen LogP contribution in [0.5, 0.6) is 5.75 Å². The number of nitrogens with one attached hydrogen (secondary N) is 2. The van der Waals surface area contributed by atoms with E-state index in [4.69, 9.17) is 39.5 Å². The zero-order valence-corrected chi connectivity index (χ0v) is 19.1. The maximum Gasteiger partial charge on any atom is 0.343 e. The van der Waals surface area contributed by atoms with E-state index in [0.717, 1.165) is 0 Å². The van der Waals surface area contributed by atoms with Crippen LogP contribution in [0.1, 0.15) is 26.3 Å². The van der Waals surface area contributed by atoms with E-state index < -0.39 is 17.8 Å². The fourth-order valence-electron chi connectivity index (χ4n) is 2.49. The SMILES string of the molecule is O=C(CNC(=O)c1ccc(Cl)c(Cl)c1)N/N=C\c1ccc(OC(=O)c2ccc(Cl)cc2)cc1. The lowest BCUT2D eigenvalue weighted by atomic mass is 10.2. The normalized spacial score (nSPS) is 10.6. The molecule has 0 aliphatic carbocycles. The highest BCUT2D eigenvalue weighted by Gasteiger charge is 2.10. The Bertz CT molecular complexity index is 1200. The molecule has 0 saturated heterocycles. The quantitative estimate of drug-likeness (QED) is 0.210. The fourth-order valence-corrected chi connectivity index (χ4v) is 2.92. The Morgan fingerprint density at radius 3 is 2.18 bits per heavy atom. The first-order chi connectivity index (χ1) is 15.8. The van der Waals surface area contributed by atoms with E-state index >= 15 is 0 Å². The second-order valence-electron chi connectivity index (χ2n) is 6.57. The van der Waals surface area contributed by atoms with Gasteiger partial charge in [0.25, 0.3) is 11.8 Å². The van der Waals surface area contributed by atoms with Crippen molar-refractivity contribution < 1.29 is 19.1 Å². The van der Waals surface area contributed by atoms with Crippen LogP contribution in [0.3, 0.4) is 0 Å². The van der Waals surface area contributed by atoms with Crippen molar-refractivity contribution in [2.45, 2.75) is 0 Å². The Morgan fingerprint density at radius 2 is 1.52 bits per heavy atom. The molecule has 2 amide bonds. The van der Waals surface area contributed by atoms with Crippen molar-refractivity contribution in [3.05, 3.63) is 98.5 Å². The van der Waals surface area contributed by atoms with Gasteiger partial charge in [0.15, 0.2) is 0 Å². The minimum atomic E-state index is -0.520. The molecular formula is C23H16Cl3N3O4. The van der Waals surface area contributed by atoms with Crippen molar-refractivity contribution in [1.82, 2.24) is 10.7 Å². The largest absolute Gasteiger partial charge is 0.423 e. The molecule has 3 aromatic rings. The predicted octanol–water partition coefficient (Wildman–Crippen LogP) is 4.75. The highest BCUT2D eigenvalue weighted by Crippen LogP contribution is 2.22. The van der Waals surface area contributed by atoms with Crippen LogP contribution in [0.4, 0.5) is 0 Å².